The Bertz CT molecular complexity index is 408. The van der Waals surface area contributed by atoms with Crippen LogP contribution >= 0.6 is 0 Å². The molecular formula is C14H18O3. The van der Waals surface area contributed by atoms with E-state index in [0.717, 1.165) is 30.4 Å². The lowest BCUT2D eigenvalue weighted by Gasteiger charge is -2.41. The molecule has 1 aliphatic rings. The van der Waals surface area contributed by atoms with Gasteiger partial charge in [0.1, 0.15) is 0 Å². The van der Waals surface area contributed by atoms with Gasteiger partial charge in [-0.05, 0) is 24.0 Å². The van der Waals surface area contributed by atoms with E-state index < -0.39 is 5.97 Å². The maximum Gasteiger partial charge on any atom is 0.304 e. The van der Waals surface area contributed by atoms with Gasteiger partial charge in [0.05, 0.1) is 13.0 Å². The van der Waals surface area contributed by atoms with Crippen LogP contribution in [0, 0.1) is 0 Å². The molecule has 1 N–H and O–H groups in total. The number of rotatable bonds is 5. The second-order valence-corrected chi connectivity index (χ2v) is 4.84. The van der Waals surface area contributed by atoms with E-state index >= 15 is 0 Å². The number of benzene rings is 1. The topological polar surface area (TPSA) is 46.5 Å². The first-order valence-electron chi connectivity index (χ1n) is 5.96. The Morgan fingerprint density at radius 3 is 2.76 bits per heavy atom. The van der Waals surface area contributed by atoms with Crippen LogP contribution in [0.1, 0.15) is 36.8 Å². The highest BCUT2D eigenvalue weighted by molar-refractivity contribution is 5.69. The summed E-state index contributed by atoms with van der Waals surface area (Å²) in [6, 6.07) is 8.14. The Hall–Kier alpha value is -1.35. The van der Waals surface area contributed by atoms with Gasteiger partial charge >= 0.3 is 5.97 Å². The van der Waals surface area contributed by atoms with E-state index in [0.29, 0.717) is 6.61 Å². The van der Waals surface area contributed by atoms with Crippen molar-refractivity contribution >= 4 is 5.97 Å². The SMILES string of the molecule is COCc1cccc(C2(CC(=O)O)CCC2)c1. The third-order valence-electron chi connectivity index (χ3n) is 3.65. The van der Waals surface area contributed by atoms with Crippen LogP contribution in [0.2, 0.25) is 0 Å². The Labute approximate surface area is 101 Å². The molecule has 1 saturated carbocycles. The highest BCUT2D eigenvalue weighted by atomic mass is 16.5. The van der Waals surface area contributed by atoms with E-state index in [1.54, 1.807) is 7.11 Å². The van der Waals surface area contributed by atoms with Crippen molar-refractivity contribution in [2.24, 2.45) is 0 Å². The molecule has 0 bridgehead atoms. The maximum absolute atomic E-state index is 11.0. The molecule has 1 aromatic carbocycles. The normalized spacial score (nSPS) is 17.5. The fourth-order valence-electron chi connectivity index (χ4n) is 2.62. The summed E-state index contributed by atoms with van der Waals surface area (Å²) < 4.78 is 5.11. The average molecular weight is 234 g/mol. The largest absolute Gasteiger partial charge is 0.481 e. The first kappa shape index (κ1) is 12.1. The van der Waals surface area contributed by atoms with Crippen molar-refractivity contribution in [3.8, 4) is 0 Å². The number of carbonyl (C=O) groups is 1. The molecule has 0 aromatic heterocycles. The predicted octanol–water partition coefficient (Wildman–Crippen LogP) is 2.73. The summed E-state index contributed by atoms with van der Waals surface area (Å²) in [5.74, 6) is -0.707. The molecule has 1 aromatic rings. The minimum absolute atomic E-state index is 0.129. The number of carboxylic acids is 1. The molecule has 3 heteroatoms. The molecule has 1 fully saturated rings. The minimum atomic E-state index is -0.707. The second kappa shape index (κ2) is 4.88. The van der Waals surface area contributed by atoms with Crippen LogP contribution in [0.4, 0.5) is 0 Å². The fourth-order valence-corrected chi connectivity index (χ4v) is 2.62. The van der Waals surface area contributed by atoms with Crippen molar-refractivity contribution < 1.29 is 14.6 Å². The predicted molar refractivity (Wildman–Crippen MR) is 64.9 cm³/mol. The van der Waals surface area contributed by atoms with Crippen molar-refractivity contribution in [2.45, 2.75) is 37.7 Å². The molecule has 0 amide bonds. The molecule has 2 rings (SSSR count). The number of methoxy groups -OCH3 is 1. The van der Waals surface area contributed by atoms with Gasteiger partial charge in [0.15, 0.2) is 0 Å². The van der Waals surface area contributed by atoms with E-state index in [2.05, 4.69) is 6.07 Å². The average Bonchev–Trinajstić information content (AvgIpc) is 2.24. The fraction of sp³-hybridized carbons (Fsp3) is 0.500. The van der Waals surface area contributed by atoms with E-state index in [-0.39, 0.29) is 11.8 Å². The third-order valence-corrected chi connectivity index (χ3v) is 3.65. The van der Waals surface area contributed by atoms with Gasteiger partial charge in [0, 0.05) is 12.5 Å². The minimum Gasteiger partial charge on any atom is -0.481 e. The van der Waals surface area contributed by atoms with Crippen LogP contribution in [-0.2, 0) is 21.6 Å². The van der Waals surface area contributed by atoms with Crippen LogP contribution in [0.15, 0.2) is 24.3 Å². The number of hydrogen-bond acceptors (Lipinski definition) is 2. The smallest absolute Gasteiger partial charge is 0.304 e. The van der Waals surface area contributed by atoms with E-state index in [1.807, 2.05) is 18.2 Å². The molecule has 17 heavy (non-hydrogen) atoms. The zero-order valence-electron chi connectivity index (χ0n) is 10.1. The van der Waals surface area contributed by atoms with Crippen LogP contribution in [0.3, 0.4) is 0 Å². The van der Waals surface area contributed by atoms with Crippen molar-refractivity contribution in [3.63, 3.8) is 0 Å². The van der Waals surface area contributed by atoms with Crippen molar-refractivity contribution in [1.29, 1.82) is 0 Å². The third kappa shape index (κ3) is 2.50. The summed E-state index contributed by atoms with van der Waals surface area (Å²) in [5.41, 5.74) is 2.14. The van der Waals surface area contributed by atoms with Crippen molar-refractivity contribution in [3.05, 3.63) is 35.4 Å². The van der Waals surface area contributed by atoms with Gasteiger partial charge in [0.25, 0.3) is 0 Å². The Morgan fingerprint density at radius 2 is 2.24 bits per heavy atom. The lowest BCUT2D eigenvalue weighted by Crippen LogP contribution is -2.36. The molecule has 0 atom stereocenters. The zero-order chi connectivity index (χ0) is 12.3. The summed E-state index contributed by atoms with van der Waals surface area (Å²) in [7, 11) is 1.67. The van der Waals surface area contributed by atoms with Gasteiger partial charge in [-0.1, -0.05) is 30.7 Å². The lowest BCUT2D eigenvalue weighted by molar-refractivity contribution is -0.139. The second-order valence-electron chi connectivity index (χ2n) is 4.84. The molecule has 0 unspecified atom stereocenters. The van der Waals surface area contributed by atoms with Crippen molar-refractivity contribution in [2.75, 3.05) is 7.11 Å². The number of ether oxygens (including phenoxy) is 1. The molecule has 0 heterocycles. The van der Waals surface area contributed by atoms with Gasteiger partial charge < -0.3 is 9.84 Å². The summed E-state index contributed by atoms with van der Waals surface area (Å²) >= 11 is 0. The first-order chi connectivity index (χ1) is 8.16. The zero-order valence-corrected chi connectivity index (χ0v) is 10.1. The van der Waals surface area contributed by atoms with Crippen LogP contribution < -0.4 is 0 Å². The van der Waals surface area contributed by atoms with Gasteiger partial charge in [-0.15, -0.1) is 0 Å². The molecular weight excluding hydrogens is 216 g/mol. The molecule has 0 radical (unpaired) electrons. The Kier molecular flexibility index (Phi) is 3.48. The Balaban J connectivity index is 2.24. The monoisotopic (exact) mass is 234 g/mol. The molecule has 92 valence electrons. The summed E-state index contributed by atoms with van der Waals surface area (Å²) in [6.45, 7) is 0.580. The van der Waals surface area contributed by atoms with Gasteiger partial charge in [-0.3, -0.25) is 4.79 Å². The summed E-state index contributed by atoms with van der Waals surface area (Å²) in [6.07, 6.45) is 3.33. The number of hydrogen-bond donors (Lipinski definition) is 1. The number of carboxylic acid groups (broad SMARTS) is 1. The summed E-state index contributed by atoms with van der Waals surface area (Å²) in [4.78, 5) is 11.0. The molecule has 3 nitrogen and oxygen atoms in total. The van der Waals surface area contributed by atoms with E-state index in [9.17, 15) is 4.79 Å². The van der Waals surface area contributed by atoms with Gasteiger partial charge in [-0.25, -0.2) is 0 Å². The molecule has 0 saturated heterocycles. The standard InChI is InChI=1S/C14H18O3/c1-17-10-11-4-2-5-12(8-11)14(6-3-7-14)9-13(15)16/h2,4-5,8H,3,6-7,9-10H2,1H3,(H,15,16). The first-order valence-corrected chi connectivity index (χ1v) is 5.96. The lowest BCUT2D eigenvalue weighted by atomic mass is 9.62. The van der Waals surface area contributed by atoms with E-state index in [4.69, 9.17) is 9.84 Å². The van der Waals surface area contributed by atoms with Gasteiger partial charge in [-0.2, -0.15) is 0 Å². The maximum atomic E-state index is 11.0. The van der Waals surface area contributed by atoms with Crippen molar-refractivity contribution in [1.82, 2.24) is 0 Å². The van der Waals surface area contributed by atoms with E-state index in [1.165, 1.54) is 0 Å². The van der Waals surface area contributed by atoms with Crippen LogP contribution in [0.5, 0.6) is 0 Å². The highest BCUT2D eigenvalue weighted by Gasteiger charge is 2.40. The van der Waals surface area contributed by atoms with Crippen LogP contribution in [-0.4, -0.2) is 18.2 Å². The number of aliphatic carboxylic acids is 1. The Morgan fingerprint density at radius 1 is 1.47 bits per heavy atom. The highest BCUT2D eigenvalue weighted by Crippen LogP contribution is 2.46. The summed E-state index contributed by atoms with van der Waals surface area (Å²) in [5, 5.41) is 9.02. The molecule has 0 aliphatic heterocycles. The quantitative estimate of drug-likeness (QED) is 0.852. The molecule has 0 spiro atoms. The van der Waals surface area contributed by atoms with Crippen LogP contribution in [0.25, 0.3) is 0 Å². The van der Waals surface area contributed by atoms with Gasteiger partial charge in [0.2, 0.25) is 0 Å². The molecule has 1 aliphatic carbocycles.